The maximum Gasteiger partial charge on any atom is 0.0994 e. The highest BCUT2D eigenvalue weighted by molar-refractivity contribution is 5.85. The summed E-state index contributed by atoms with van der Waals surface area (Å²) in [5, 5.41) is 0. The molecule has 0 spiro atoms. The molecule has 2 N–H and O–H groups in total. The molecule has 0 saturated heterocycles. The molecule has 0 radical (unpaired) electrons. The molecule has 0 bridgehead atoms. The maximum atomic E-state index is 6.03. The lowest BCUT2D eigenvalue weighted by molar-refractivity contribution is 0.263. The molecule has 1 fully saturated rings. The Kier molecular flexibility index (Phi) is 3.80. The zero-order chi connectivity index (χ0) is 11.6. The molecule has 1 aliphatic rings. The van der Waals surface area contributed by atoms with Crippen molar-refractivity contribution in [1.29, 1.82) is 0 Å². The minimum absolute atomic E-state index is 0.0167. The van der Waals surface area contributed by atoms with Crippen LogP contribution in [0.1, 0.15) is 53.9 Å². The van der Waals surface area contributed by atoms with E-state index < -0.39 is 0 Å². The summed E-state index contributed by atoms with van der Waals surface area (Å²) in [4.78, 5) is 4.72. The quantitative estimate of drug-likeness (QED) is 0.524. The Morgan fingerprint density at radius 1 is 1.20 bits per heavy atom. The fraction of sp³-hybridized carbons (Fsp3) is 0.923. The number of amidine groups is 1. The van der Waals surface area contributed by atoms with Gasteiger partial charge in [-0.05, 0) is 31.1 Å². The van der Waals surface area contributed by atoms with Crippen molar-refractivity contribution >= 4 is 5.84 Å². The first-order chi connectivity index (χ1) is 6.80. The summed E-state index contributed by atoms with van der Waals surface area (Å²) in [5.41, 5.74) is 6.05. The fourth-order valence-electron chi connectivity index (χ4n) is 2.21. The second kappa shape index (κ2) is 4.54. The minimum Gasteiger partial charge on any atom is -0.387 e. The first kappa shape index (κ1) is 12.5. The third-order valence-electron chi connectivity index (χ3n) is 3.46. The molecule has 1 rings (SSSR count). The van der Waals surface area contributed by atoms with Crippen molar-refractivity contribution in [3.05, 3.63) is 0 Å². The van der Waals surface area contributed by atoms with Crippen LogP contribution >= 0.6 is 0 Å². The Balaban J connectivity index is 2.66. The van der Waals surface area contributed by atoms with E-state index in [-0.39, 0.29) is 5.41 Å². The molecule has 0 aromatic carbocycles. The van der Waals surface area contributed by atoms with Gasteiger partial charge in [0.05, 0.1) is 11.9 Å². The van der Waals surface area contributed by atoms with Crippen LogP contribution in [0.4, 0.5) is 0 Å². The van der Waals surface area contributed by atoms with Gasteiger partial charge in [0.1, 0.15) is 0 Å². The third kappa shape index (κ3) is 3.51. The summed E-state index contributed by atoms with van der Waals surface area (Å²) in [6.45, 7) is 11.0. The summed E-state index contributed by atoms with van der Waals surface area (Å²) in [6, 6.07) is 0.459. The maximum absolute atomic E-state index is 6.03. The van der Waals surface area contributed by atoms with Gasteiger partial charge in [-0.15, -0.1) is 0 Å². The van der Waals surface area contributed by atoms with Crippen LogP contribution in [0.3, 0.4) is 0 Å². The van der Waals surface area contributed by atoms with Crippen molar-refractivity contribution in [2.45, 2.75) is 59.9 Å². The zero-order valence-corrected chi connectivity index (χ0v) is 10.9. The molecule has 2 nitrogen and oxygen atoms in total. The van der Waals surface area contributed by atoms with E-state index in [9.17, 15) is 0 Å². The molecule has 15 heavy (non-hydrogen) atoms. The molecule has 2 heteroatoms. The highest BCUT2D eigenvalue weighted by Gasteiger charge is 2.26. The van der Waals surface area contributed by atoms with Gasteiger partial charge in [0, 0.05) is 5.41 Å². The van der Waals surface area contributed by atoms with Crippen molar-refractivity contribution in [2.24, 2.45) is 28.0 Å². The zero-order valence-electron chi connectivity index (χ0n) is 10.9. The first-order valence-electron chi connectivity index (χ1n) is 6.14. The number of aliphatic imine (C=N–C) groups is 1. The molecular formula is C13H26N2. The van der Waals surface area contributed by atoms with Gasteiger partial charge in [0.2, 0.25) is 0 Å². The van der Waals surface area contributed by atoms with Crippen LogP contribution in [0.2, 0.25) is 0 Å². The monoisotopic (exact) mass is 210 g/mol. The van der Waals surface area contributed by atoms with Crippen LogP contribution in [-0.2, 0) is 0 Å². The van der Waals surface area contributed by atoms with Crippen LogP contribution in [0.15, 0.2) is 4.99 Å². The summed E-state index contributed by atoms with van der Waals surface area (Å²) < 4.78 is 0. The predicted octanol–water partition coefficient (Wildman–Crippen LogP) is 3.21. The van der Waals surface area contributed by atoms with Gasteiger partial charge < -0.3 is 5.73 Å². The van der Waals surface area contributed by atoms with E-state index in [0.29, 0.717) is 12.0 Å². The van der Waals surface area contributed by atoms with E-state index >= 15 is 0 Å². The predicted molar refractivity (Wildman–Crippen MR) is 67.0 cm³/mol. The van der Waals surface area contributed by atoms with E-state index in [4.69, 9.17) is 10.7 Å². The highest BCUT2D eigenvalue weighted by atomic mass is 14.9. The van der Waals surface area contributed by atoms with Gasteiger partial charge in [0.25, 0.3) is 0 Å². The third-order valence-corrected chi connectivity index (χ3v) is 3.46. The van der Waals surface area contributed by atoms with Crippen LogP contribution < -0.4 is 5.73 Å². The van der Waals surface area contributed by atoms with E-state index in [1.165, 1.54) is 19.3 Å². The molecule has 0 amide bonds. The molecular weight excluding hydrogens is 184 g/mol. The van der Waals surface area contributed by atoms with E-state index in [1.54, 1.807) is 0 Å². The van der Waals surface area contributed by atoms with Crippen LogP contribution in [-0.4, -0.2) is 11.9 Å². The molecule has 0 aliphatic heterocycles. The van der Waals surface area contributed by atoms with Crippen molar-refractivity contribution in [1.82, 2.24) is 0 Å². The second-order valence-electron chi connectivity index (χ2n) is 6.23. The Bertz CT molecular complexity index is 237. The van der Waals surface area contributed by atoms with Gasteiger partial charge in [-0.3, -0.25) is 4.99 Å². The first-order valence-corrected chi connectivity index (χ1v) is 6.14. The lowest BCUT2D eigenvalue weighted by atomic mass is 9.80. The Morgan fingerprint density at radius 2 is 1.80 bits per heavy atom. The summed E-state index contributed by atoms with van der Waals surface area (Å²) in [6.07, 6.45) is 3.81. The molecule has 0 aromatic rings. The summed E-state index contributed by atoms with van der Waals surface area (Å²) in [7, 11) is 0. The largest absolute Gasteiger partial charge is 0.387 e. The van der Waals surface area contributed by atoms with Gasteiger partial charge in [0.15, 0.2) is 0 Å². The number of hydrogen-bond acceptors (Lipinski definition) is 1. The number of nitrogens with two attached hydrogens (primary N) is 1. The Labute approximate surface area is 94.3 Å². The van der Waals surface area contributed by atoms with Crippen LogP contribution in [0.25, 0.3) is 0 Å². The molecule has 0 heterocycles. The SMILES string of the molecule is CC1CCC(N=C(N)C(C)(C)C)C(C)C1. The fourth-order valence-corrected chi connectivity index (χ4v) is 2.21. The van der Waals surface area contributed by atoms with Gasteiger partial charge in [-0.1, -0.05) is 34.6 Å². The van der Waals surface area contributed by atoms with Crippen molar-refractivity contribution in [3.63, 3.8) is 0 Å². The number of hydrogen-bond donors (Lipinski definition) is 1. The van der Waals surface area contributed by atoms with Gasteiger partial charge in [-0.25, -0.2) is 0 Å². The average molecular weight is 210 g/mol. The average Bonchev–Trinajstić information content (AvgIpc) is 2.08. The molecule has 1 saturated carbocycles. The van der Waals surface area contributed by atoms with Crippen LogP contribution in [0, 0.1) is 17.3 Å². The molecule has 1 aliphatic carbocycles. The van der Waals surface area contributed by atoms with E-state index in [0.717, 1.165) is 11.8 Å². The molecule has 88 valence electrons. The summed E-state index contributed by atoms with van der Waals surface area (Å²) >= 11 is 0. The van der Waals surface area contributed by atoms with Crippen LogP contribution in [0.5, 0.6) is 0 Å². The Hall–Kier alpha value is -0.530. The van der Waals surface area contributed by atoms with Crippen molar-refractivity contribution in [3.8, 4) is 0 Å². The topological polar surface area (TPSA) is 38.4 Å². The van der Waals surface area contributed by atoms with E-state index in [1.807, 2.05) is 0 Å². The molecule has 3 atom stereocenters. The highest BCUT2D eigenvalue weighted by Crippen LogP contribution is 2.31. The molecule has 0 aromatic heterocycles. The smallest absolute Gasteiger partial charge is 0.0994 e. The lowest BCUT2D eigenvalue weighted by Crippen LogP contribution is -2.33. The second-order valence-corrected chi connectivity index (χ2v) is 6.23. The minimum atomic E-state index is 0.0167. The van der Waals surface area contributed by atoms with E-state index in [2.05, 4.69) is 34.6 Å². The number of nitrogens with zero attached hydrogens (tertiary/aromatic N) is 1. The number of rotatable bonds is 1. The normalized spacial score (nSPS) is 34.2. The van der Waals surface area contributed by atoms with Gasteiger partial charge in [-0.2, -0.15) is 0 Å². The van der Waals surface area contributed by atoms with Crippen molar-refractivity contribution < 1.29 is 0 Å². The lowest BCUT2D eigenvalue weighted by Gasteiger charge is -2.31. The summed E-state index contributed by atoms with van der Waals surface area (Å²) in [5.74, 6) is 2.37. The van der Waals surface area contributed by atoms with Gasteiger partial charge >= 0.3 is 0 Å². The molecule has 3 unspecified atom stereocenters. The van der Waals surface area contributed by atoms with Crippen molar-refractivity contribution in [2.75, 3.05) is 0 Å². The Morgan fingerprint density at radius 3 is 2.27 bits per heavy atom. The standard InChI is InChI=1S/C13H26N2/c1-9-6-7-11(10(2)8-9)15-12(14)13(3,4)5/h9-11H,6-8H2,1-5H3,(H2,14,15).